The minimum absolute atomic E-state index is 0. The van der Waals surface area contributed by atoms with E-state index < -0.39 is 0 Å². The molecule has 1 aliphatic carbocycles. The van der Waals surface area contributed by atoms with Crippen LogP contribution in [0.1, 0.15) is 82.6 Å². The highest BCUT2D eigenvalue weighted by molar-refractivity contribution is 6.04. The van der Waals surface area contributed by atoms with Crippen molar-refractivity contribution in [3.8, 4) is 0 Å². The Morgan fingerprint density at radius 2 is 1.59 bits per heavy atom. The molecule has 1 atom stereocenters. The van der Waals surface area contributed by atoms with Crippen molar-refractivity contribution < 1.29 is 11.0 Å². The Kier molecular flexibility index (Phi) is 9.62. The lowest BCUT2D eigenvalue weighted by Crippen LogP contribution is -2.45. The molecule has 0 bridgehead atoms. The largest absolute Gasteiger partial charge is 0.369 e. The summed E-state index contributed by atoms with van der Waals surface area (Å²) in [6, 6.07) is 16.5. The molecule has 2 aromatic carbocycles. The van der Waals surface area contributed by atoms with E-state index in [0.29, 0.717) is 11.5 Å². The van der Waals surface area contributed by atoms with Crippen molar-refractivity contribution in [1.82, 2.24) is 9.80 Å². The third kappa shape index (κ3) is 7.13. The van der Waals surface area contributed by atoms with E-state index in [-0.39, 0.29) is 19.3 Å². The Balaban J connectivity index is 0.00000400. The zero-order chi connectivity index (χ0) is 26.2. The average Bonchev–Trinajstić information content (AvgIpc) is 3.42. The summed E-state index contributed by atoms with van der Waals surface area (Å²) in [5.74, 6) is 0.729. The van der Waals surface area contributed by atoms with Gasteiger partial charge in [0.15, 0.2) is 0 Å². The number of carbonyl (C=O) groups is 2. The van der Waals surface area contributed by atoms with Crippen molar-refractivity contribution in [2.24, 2.45) is 0 Å². The fourth-order valence-corrected chi connectivity index (χ4v) is 5.92. The van der Waals surface area contributed by atoms with E-state index in [0.717, 1.165) is 57.1 Å². The maximum absolute atomic E-state index is 12.8. The van der Waals surface area contributed by atoms with Gasteiger partial charge < -0.3 is 20.0 Å². The summed E-state index contributed by atoms with van der Waals surface area (Å²) < 4.78 is 0. The van der Waals surface area contributed by atoms with Crippen LogP contribution in [0.4, 0.5) is 11.4 Å². The van der Waals surface area contributed by atoms with Crippen LogP contribution in [0.15, 0.2) is 48.5 Å². The lowest BCUT2D eigenvalue weighted by atomic mass is 9.84. The molecule has 0 radical (unpaired) electrons. The van der Waals surface area contributed by atoms with E-state index in [9.17, 15) is 9.59 Å². The molecule has 202 valence electrons. The molecule has 2 aliphatic rings. The normalized spacial score (nSPS) is 18.3. The standard InChI is InChI=1S/C31H44N4O2.H2/c1-4-33(5-2)21-22-35(24(3)36)30-19-20-34(23-30)29-17-15-28(16-18-29)32-31(37)27-13-11-26(12-14-27)25-9-7-6-8-10-25;/h11-18,25,30H,4-10,19-23H2,1-3H3,(H,32,37);1H. The number of benzene rings is 2. The molecule has 1 heterocycles. The van der Waals surface area contributed by atoms with E-state index in [1.807, 2.05) is 29.2 Å². The molecule has 0 aromatic heterocycles. The summed E-state index contributed by atoms with van der Waals surface area (Å²) in [6.45, 7) is 11.5. The third-order valence-corrected chi connectivity index (χ3v) is 8.30. The van der Waals surface area contributed by atoms with Crippen molar-refractivity contribution >= 4 is 23.2 Å². The van der Waals surface area contributed by atoms with Gasteiger partial charge in [-0.3, -0.25) is 9.59 Å². The van der Waals surface area contributed by atoms with Gasteiger partial charge in [-0.2, -0.15) is 0 Å². The van der Waals surface area contributed by atoms with Crippen LogP contribution in [0.5, 0.6) is 0 Å². The molecule has 1 unspecified atom stereocenters. The SMILES string of the molecule is CCN(CC)CCN(C(C)=O)C1CCN(c2ccc(NC(=O)c3ccc(C4CCCCC4)cc3)cc2)C1.[HH]. The van der Waals surface area contributed by atoms with Gasteiger partial charge in [0.2, 0.25) is 5.91 Å². The molecular formula is C31H46N4O2. The second-order valence-electron chi connectivity index (χ2n) is 10.6. The number of nitrogens with one attached hydrogen (secondary N) is 1. The van der Waals surface area contributed by atoms with Gasteiger partial charge in [-0.1, -0.05) is 45.2 Å². The topological polar surface area (TPSA) is 55.9 Å². The van der Waals surface area contributed by atoms with Gasteiger partial charge in [0, 0.05) is 51.5 Å². The van der Waals surface area contributed by atoms with Gasteiger partial charge in [-0.25, -0.2) is 0 Å². The van der Waals surface area contributed by atoms with Crippen LogP contribution in [0.25, 0.3) is 0 Å². The summed E-state index contributed by atoms with van der Waals surface area (Å²) >= 11 is 0. The first-order chi connectivity index (χ1) is 18.0. The average molecular weight is 507 g/mol. The molecule has 0 spiro atoms. The maximum atomic E-state index is 12.8. The lowest BCUT2D eigenvalue weighted by Gasteiger charge is -2.30. The Morgan fingerprint density at radius 1 is 0.919 bits per heavy atom. The van der Waals surface area contributed by atoms with Crippen molar-refractivity contribution in [3.05, 3.63) is 59.7 Å². The van der Waals surface area contributed by atoms with Gasteiger partial charge >= 0.3 is 0 Å². The highest BCUT2D eigenvalue weighted by atomic mass is 16.2. The molecule has 6 heteroatoms. The number of hydrogen-bond donors (Lipinski definition) is 1. The fraction of sp³-hybridized carbons (Fsp3) is 0.548. The number of carbonyl (C=O) groups excluding carboxylic acids is 2. The molecule has 6 nitrogen and oxygen atoms in total. The Bertz CT molecular complexity index is 1020. The monoisotopic (exact) mass is 506 g/mol. The number of rotatable bonds is 10. The highest BCUT2D eigenvalue weighted by Crippen LogP contribution is 2.32. The van der Waals surface area contributed by atoms with Crippen LogP contribution in [0.2, 0.25) is 0 Å². The molecule has 2 fully saturated rings. The number of likely N-dealkylation sites (N-methyl/N-ethyl adjacent to an activating group) is 1. The Morgan fingerprint density at radius 3 is 2.22 bits per heavy atom. The van der Waals surface area contributed by atoms with E-state index in [2.05, 4.69) is 53.2 Å². The van der Waals surface area contributed by atoms with Crippen LogP contribution in [-0.4, -0.2) is 66.9 Å². The first-order valence-corrected chi connectivity index (χ1v) is 14.2. The van der Waals surface area contributed by atoms with E-state index in [1.165, 1.54) is 37.7 Å². The molecule has 37 heavy (non-hydrogen) atoms. The van der Waals surface area contributed by atoms with Crippen molar-refractivity contribution in [2.75, 3.05) is 49.5 Å². The van der Waals surface area contributed by atoms with Crippen molar-refractivity contribution in [3.63, 3.8) is 0 Å². The van der Waals surface area contributed by atoms with Crippen molar-refractivity contribution in [1.29, 1.82) is 0 Å². The zero-order valence-electron chi connectivity index (χ0n) is 22.9. The fourth-order valence-electron chi connectivity index (χ4n) is 5.92. The van der Waals surface area contributed by atoms with Crippen LogP contribution < -0.4 is 10.2 Å². The van der Waals surface area contributed by atoms with Gasteiger partial charge in [0.05, 0.1) is 6.04 Å². The molecule has 1 saturated heterocycles. The minimum Gasteiger partial charge on any atom is -0.369 e. The molecule has 1 N–H and O–H groups in total. The number of anilines is 2. The summed E-state index contributed by atoms with van der Waals surface area (Å²) in [7, 11) is 0. The first-order valence-electron chi connectivity index (χ1n) is 14.2. The minimum atomic E-state index is -0.0746. The Labute approximate surface area is 224 Å². The van der Waals surface area contributed by atoms with Gasteiger partial charge in [-0.05, 0) is 80.2 Å². The van der Waals surface area contributed by atoms with Crippen LogP contribution in [-0.2, 0) is 4.79 Å². The molecular weight excluding hydrogens is 460 g/mol. The summed E-state index contributed by atoms with van der Waals surface area (Å²) in [6.07, 6.45) is 7.48. The first kappa shape index (κ1) is 27.2. The predicted octanol–water partition coefficient (Wildman–Crippen LogP) is 6.00. The maximum Gasteiger partial charge on any atom is 0.255 e. The second kappa shape index (κ2) is 13.1. The summed E-state index contributed by atoms with van der Waals surface area (Å²) in [5.41, 5.74) is 3.98. The zero-order valence-corrected chi connectivity index (χ0v) is 22.9. The predicted molar refractivity (Wildman–Crippen MR) is 155 cm³/mol. The van der Waals surface area contributed by atoms with Crippen LogP contribution in [0.3, 0.4) is 0 Å². The lowest BCUT2D eigenvalue weighted by molar-refractivity contribution is -0.131. The summed E-state index contributed by atoms with van der Waals surface area (Å²) in [5, 5.41) is 3.04. The van der Waals surface area contributed by atoms with Gasteiger partial charge in [-0.15, -0.1) is 0 Å². The van der Waals surface area contributed by atoms with E-state index >= 15 is 0 Å². The molecule has 1 aliphatic heterocycles. The van der Waals surface area contributed by atoms with Crippen LogP contribution >= 0.6 is 0 Å². The third-order valence-electron chi connectivity index (χ3n) is 8.30. The quantitative estimate of drug-likeness (QED) is 0.429. The second-order valence-corrected chi connectivity index (χ2v) is 10.6. The molecule has 2 aromatic rings. The molecule has 2 amide bonds. The van der Waals surface area contributed by atoms with E-state index in [4.69, 9.17) is 0 Å². The number of hydrogen-bond acceptors (Lipinski definition) is 4. The molecule has 1 saturated carbocycles. The van der Waals surface area contributed by atoms with E-state index in [1.54, 1.807) is 6.92 Å². The number of nitrogens with zero attached hydrogens (tertiary/aromatic N) is 3. The van der Waals surface area contributed by atoms with Gasteiger partial charge in [0.1, 0.15) is 0 Å². The Hall–Kier alpha value is -2.86. The van der Waals surface area contributed by atoms with Gasteiger partial charge in [0.25, 0.3) is 5.91 Å². The van der Waals surface area contributed by atoms with Crippen molar-refractivity contribution in [2.45, 2.75) is 71.3 Å². The number of amides is 2. The smallest absolute Gasteiger partial charge is 0.255 e. The summed E-state index contributed by atoms with van der Waals surface area (Å²) in [4.78, 5) is 31.9. The molecule has 4 rings (SSSR count). The van der Waals surface area contributed by atoms with Crippen LogP contribution in [0, 0.1) is 0 Å². The highest BCUT2D eigenvalue weighted by Gasteiger charge is 2.29.